The Balaban J connectivity index is 3.41. The lowest BCUT2D eigenvalue weighted by atomic mass is 10.0. The summed E-state index contributed by atoms with van der Waals surface area (Å²) in [6, 6.07) is 1.21. The molecule has 236 valence electrons. The van der Waals surface area contributed by atoms with Crippen LogP contribution in [0.15, 0.2) is 24.3 Å². The molecule has 0 aliphatic rings. The first-order chi connectivity index (χ1) is 19.3. The maximum absolute atomic E-state index is 13.5. The smallest absolute Gasteiger partial charge is 0.416 e. The molecule has 15 heteroatoms. The molecule has 0 unspecified atom stereocenters. The third kappa shape index (κ3) is 13.2. The molecule has 0 saturated carbocycles. The summed E-state index contributed by atoms with van der Waals surface area (Å²) in [6.45, 7) is 7.00. The van der Waals surface area contributed by atoms with Crippen molar-refractivity contribution in [3.05, 3.63) is 35.4 Å². The van der Waals surface area contributed by atoms with Crippen molar-refractivity contribution in [3.8, 4) is 0 Å². The number of halogens is 3. The van der Waals surface area contributed by atoms with Gasteiger partial charge in [0.15, 0.2) is 0 Å². The maximum atomic E-state index is 13.5. The van der Waals surface area contributed by atoms with Gasteiger partial charge in [-0.25, -0.2) is 4.79 Å². The summed E-state index contributed by atoms with van der Waals surface area (Å²) in [7, 11) is 1.34. The molecule has 0 radical (unpaired) electrons. The van der Waals surface area contributed by atoms with E-state index in [0.717, 1.165) is 29.2 Å². The molecular weight excluding hydrogens is 565 g/mol. The van der Waals surface area contributed by atoms with Crippen molar-refractivity contribution in [3.63, 3.8) is 0 Å². The summed E-state index contributed by atoms with van der Waals surface area (Å²) >= 11 is 0. The molecule has 1 aromatic carbocycles. The molecule has 42 heavy (non-hydrogen) atoms. The van der Waals surface area contributed by atoms with Crippen LogP contribution in [0, 0.1) is 0 Å². The first-order valence-electron chi connectivity index (χ1n) is 13.1. The Morgan fingerprint density at radius 1 is 1.00 bits per heavy atom. The zero-order valence-corrected chi connectivity index (χ0v) is 24.5. The predicted molar refractivity (Wildman–Crippen MR) is 144 cm³/mol. The van der Waals surface area contributed by atoms with Crippen LogP contribution in [0.4, 0.5) is 18.0 Å². The lowest BCUT2D eigenvalue weighted by Crippen LogP contribution is -2.57. The quantitative estimate of drug-likeness (QED) is 0.233. The van der Waals surface area contributed by atoms with Crippen LogP contribution in [0.25, 0.3) is 0 Å². The van der Waals surface area contributed by atoms with E-state index in [1.807, 2.05) is 0 Å². The number of benzene rings is 1. The van der Waals surface area contributed by atoms with Crippen molar-refractivity contribution in [2.75, 3.05) is 26.7 Å². The highest BCUT2D eigenvalue weighted by Crippen LogP contribution is 2.29. The van der Waals surface area contributed by atoms with Gasteiger partial charge in [0.05, 0.1) is 24.1 Å². The summed E-state index contributed by atoms with van der Waals surface area (Å²) in [5, 5.41) is 16.7. The third-order valence-electron chi connectivity index (χ3n) is 5.49. The second-order valence-electron chi connectivity index (χ2n) is 10.6. The Bertz CT molecular complexity index is 1090. The fraction of sp³-hybridized carbons (Fsp3) is 0.593. The Kier molecular flexibility index (Phi) is 13.7. The number of carboxylic acid groups (broad SMARTS) is 1. The van der Waals surface area contributed by atoms with Crippen LogP contribution in [-0.2, 0) is 41.2 Å². The number of carbonyl (C=O) groups excluding carboxylic acids is 4. The molecule has 0 aliphatic heterocycles. The van der Waals surface area contributed by atoms with Gasteiger partial charge in [-0.3, -0.25) is 19.2 Å². The molecule has 2 atom stereocenters. The summed E-state index contributed by atoms with van der Waals surface area (Å²) in [5.74, 6) is -3.78. The van der Waals surface area contributed by atoms with Crippen LogP contribution in [0.2, 0.25) is 0 Å². The summed E-state index contributed by atoms with van der Waals surface area (Å²) in [4.78, 5) is 63.6. The molecule has 0 saturated heterocycles. The Morgan fingerprint density at radius 3 is 2.07 bits per heavy atom. The van der Waals surface area contributed by atoms with E-state index >= 15 is 0 Å². The fourth-order valence-electron chi connectivity index (χ4n) is 3.69. The average molecular weight is 605 g/mol. The van der Waals surface area contributed by atoms with Crippen molar-refractivity contribution in [2.24, 2.45) is 0 Å². The highest BCUT2D eigenvalue weighted by atomic mass is 19.4. The van der Waals surface area contributed by atoms with Gasteiger partial charge in [-0.05, 0) is 59.4 Å². The predicted octanol–water partition coefficient (Wildman–Crippen LogP) is 2.10. The van der Waals surface area contributed by atoms with E-state index < -0.39 is 78.3 Å². The minimum absolute atomic E-state index is 0.219. The number of amides is 3. The van der Waals surface area contributed by atoms with Crippen molar-refractivity contribution in [1.82, 2.24) is 20.9 Å². The number of likely N-dealkylation sites (N-methyl/N-ethyl adjacent to an activating group) is 1. The number of carboxylic acids is 1. The SMILES string of the molecule is CN[C@@H](CC(=O)O)C(=O)N(CCNC(=O)OC(C)C)[C@@H](Cc1ccc(C(F)(F)F)cc1)C(=O)NCC(=O)OC(C)(C)C. The van der Waals surface area contributed by atoms with Gasteiger partial charge in [-0.2, -0.15) is 13.2 Å². The lowest BCUT2D eigenvalue weighted by Gasteiger charge is -2.33. The first-order valence-corrected chi connectivity index (χ1v) is 13.1. The van der Waals surface area contributed by atoms with Crippen LogP contribution in [0.1, 0.15) is 52.2 Å². The number of alkyl carbamates (subject to hydrolysis) is 1. The largest absolute Gasteiger partial charge is 0.481 e. The number of nitrogens with zero attached hydrogens (tertiary/aromatic N) is 1. The van der Waals surface area contributed by atoms with Gasteiger partial charge in [-0.15, -0.1) is 0 Å². The van der Waals surface area contributed by atoms with Crippen molar-refractivity contribution in [1.29, 1.82) is 0 Å². The molecule has 1 aromatic rings. The number of hydrogen-bond donors (Lipinski definition) is 4. The van der Waals surface area contributed by atoms with Crippen molar-refractivity contribution >= 4 is 29.8 Å². The van der Waals surface area contributed by atoms with Gasteiger partial charge < -0.3 is 35.4 Å². The molecule has 0 aliphatic carbocycles. The molecule has 3 amide bonds. The second-order valence-corrected chi connectivity index (χ2v) is 10.6. The number of hydrogen-bond acceptors (Lipinski definition) is 8. The van der Waals surface area contributed by atoms with Crippen molar-refractivity contribution < 1.29 is 51.7 Å². The van der Waals surface area contributed by atoms with Crippen LogP contribution in [0.3, 0.4) is 0 Å². The van der Waals surface area contributed by atoms with Crippen molar-refractivity contribution in [2.45, 2.75) is 77.4 Å². The minimum atomic E-state index is -4.60. The van der Waals surface area contributed by atoms with E-state index in [1.165, 1.54) is 7.05 Å². The number of alkyl halides is 3. The Labute approximate surface area is 242 Å². The number of esters is 1. The van der Waals surface area contributed by atoms with E-state index in [1.54, 1.807) is 34.6 Å². The topological polar surface area (TPSA) is 163 Å². The minimum Gasteiger partial charge on any atom is -0.481 e. The second kappa shape index (κ2) is 15.9. The van der Waals surface area contributed by atoms with E-state index in [4.69, 9.17) is 9.47 Å². The number of nitrogens with one attached hydrogen (secondary N) is 3. The third-order valence-corrected chi connectivity index (χ3v) is 5.49. The van der Waals surface area contributed by atoms with E-state index in [2.05, 4.69) is 16.0 Å². The van der Waals surface area contributed by atoms with E-state index in [9.17, 15) is 42.3 Å². The van der Waals surface area contributed by atoms with Crippen LogP contribution in [0.5, 0.6) is 0 Å². The van der Waals surface area contributed by atoms with Gasteiger partial charge >= 0.3 is 24.2 Å². The maximum Gasteiger partial charge on any atom is 0.416 e. The molecule has 12 nitrogen and oxygen atoms in total. The zero-order valence-electron chi connectivity index (χ0n) is 24.5. The van der Waals surface area contributed by atoms with Crippen LogP contribution in [-0.4, -0.2) is 90.3 Å². The molecular formula is C27H39F3N4O8. The molecule has 4 N–H and O–H groups in total. The normalized spacial score (nSPS) is 13.1. The van der Waals surface area contributed by atoms with Gasteiger partial charge in [0.1, 0.15) is 18.2 Å². The number of ether oxygens (including phenoxy) is 2. The van der Waals surface area contributed by atoms with Crippen LogP contribution >= 0.6 is 0 Å². The highest BCUT2D eigenvalue weighted by Gasteiger charge is 2.35. The van der Waals surface area contributed by atoms with Gasteiger partial charge in [-0.1, -0.05) is 12.1 Å². The Hall–Kier alpha value is -3.88. The molecule has 1 rings (SSSR count). The fourth-order valence-corrected chi connectivity index (χ4v) is 3.69. The molecule has 0 aromatic heterocycles. The monoisotopic (exact) mass is 604 g/mol. The van der Waals surface area contributed by atoms with Crippen LogP contribution < -0.4 is 16.0 Å². The van der Waals surface area contributed by atoms with Gasteiger partial charge in [0.25, 0.3) is 0 Å². The summed E-state index contributed by atoms with van der Waals surface area (Å²) < 4.78 is 49.5. The first kappa shape index (κ1) is 36.1. The lowest BCUT2D eigenvalue weighted by molar-refractivity contribution is -0.155. The van der Waals surface area contributed by atoms with Gasteiger partial charge in [0, 0.05) is 19.5 Å². The Morgan fingerprint density at radius 2 is 1.60 bits per heavy atom. The molecule has 0 spiro atoms. The molecule has 0 heterocycles. The number of carbonyl (C=O) groups is 5. The standard InChI is InChI=1S/C27H39F3N4O8/c1-16(2)41-25(40)32-11-12-34(24(39)19(31-6)14-21(35)36)20(23(38)33-15-22(37)42-26(3,4)5)13-17-7-9-18(10-8-17)27(28,29)30/h7-10,16,19-20,31H,11-15H2,1-6H3,(H,32,40)(H,33,38)(H,35,36)/t19-,20-/m0/s1. The molecule has 0 fully saturated rings. The van der Waals surface area contributed by atoms with E-state index in [-0.39, 0.29) is 25.1 Å². The number of rotatable bonds is 14. The zero-order chi connectivity index (χ0) is 32.3. The summed E-state index contributed by atoms with van der Waals surface area (Å²) in [6.07, 6.45) is -6.80. The average Bonchev–Trinajstić information content (AvgIpc) is 2.85. The highest BCUT2D eigenvalue weighted by molar-refractivity contribution is 5.93. The summed E-state index contributed by atoms with van der Waals surface area (Å²) in [5.41, 5.74) is -1.53. The van der Waals surface area contributed by atoms with E-state index in [0.29, 0.717) is 0 Å². The van der Waals surface area contributed by atoms with Gasteiger partial charge in [0.2, 0.25) is 11.8 Å². The number of aliphatic carboxylic acids is 1. The molecule has 0 bridgehead atoms.